The molecule has 2 aromatic carbocycles. The second-order valence-electron chi connectivity index (χ2n) is 5.67. The molecule has 0 saturated heterocycles. The number of aromatic nitrogens is 3. The average molecular weight is 359 g/mol. The molecule has 8 heteroatoms. The van der Waals surface area contributed by atoms with Gasteiger partial charge in [-0.2, -0.15) is 9.67 Å². The molecule has 0 radical (unpaired) electrons. The molecule has 1 aliphatic heterocycles. The van der Waals surface area contributed by atoms with Gasteiger partial charge in [0.1, 0.15) is 5.82 Å². The Balaban J connectivity index is 1.64. The zero-order valence-electron chi connectivity index (χ0n) is 12.9. The molecule has 0 N–H and O–H groups in total. The van der Waals surface area contributed by atoms with Crippen molar-refractivity contribution in [3.05, 3.63) is 81.2 Å². The Morgan fingerprint density at radius 3 is 2.56 bits per heavy atom. The number of halogens is 2. The summed E-state index contributed by atoms with van der Waals surface area (Å²) in [5, 5.41) is 4.81. The first-order valence-electron chi connectivity index (χ1n) is 7.53. The van der Waals surface area contributed by atoms with E-state index in [1.165, 1.54) is 33.8 Å². The van der Waals surface area contributed by atoms with Gasteiger partial charge in [0.2, 0.25) is 0 Å². The van der Waals surface area contributed by atoms with E-state index in [1.54, 1.807) is 18.2 Å². The number of nitrogens with zero attached hydrogens (tertiary/aromatic N) is 4. The van der Waals surface area contributed by atoms with Crippen LogP contribution in [0.2, 0.25) is 5.02 Å². The second-order valence-corrected chi connectivity index (χ2v) is 6.10. The molecular weight excluding hydrogens is 347 g/mol. The molecule has 0 spiro atoms. The van der Waals surface area contributed by atoms with Crippen molar-refractivity contribution in [3.63, 3.8) is 0 Å². The van der Waals surface area contributed by atoms with Crippen LogP contribution >= 0.6 is 11.6 Å². The zero-order chi connectivity index (χ0) is 17.6. The van der Waals surface area contributed by atoms with Gasteiger partial charge in [0.25, 0.3) is 0 Å². The molecule has 6 nitrogen and oxygen atoms in total. The zero-order valence-corrected chi connectivity index (χ0v) is 13.7. The molecule has 2 heterocycles. The van der Waals surface area contributed by atoms with Gasteiger partial charge in [-0.1, -0.05) is 23.7 Å². The van der Waals surface area contributed by atoms with Gasteiger partial charge < -0.3 is 0 Å². The fourth-order valence-corrected chi connectivity index (χ4v) is 3.02. The van der Waals surface area contributed by atoms with Gasteiger partial charge in [-0.3, -0.25) is 4.90 Å². The van der Waals surface area contributed by atoms with Crippen molar-refractivity contribution in [2.75, 3.05) is 4.90 Å². The fraction of sp³-hybridized carbons (Fsp3) is 0.118. The highest BCUT2D eigenvalue weighted by atomic mass is 35.5. The van der Waals surface area contributed by atoms with Crippen LogP contribution in [0.15, 0.2) is 53.3 Å². The third-order valence-electron chi connectivity index (χ3n) is 3.99. The normalized spacial score (nSPS) is 13.4. The second kappa shape index (κ2) is 5.86. The van der Waals surface area contributed by atoms with Crippen molar-refractivity contribution in [1.29, 1.82) is 0 Å². The van der Waals surface area contributed by atoms with Crippen LogP contribution < -0.4 is 10.6 Å². The number of hydrogen-bond donors (Lipinski definition) is 0. The lowest BCUT2D eigenvalue weighted by molar-refractivity contribution is 0.250. The first-order valence-corrected chi connectivity index (χ1v) is 7.91. The van der Waals surface area contributed by atoms with Crippen LogP contribution in [-0.4, -0.2) is 20.4 Å². The molecule has 0 unspecified atom stereocenters. The monoisotopic (exact) mass is 358 g/mol. The molecule has 126 valence electrons. The Labute approximate surface area is 146 Å². The molecule has 0 bridgehead atoms. The number of amides is 1. The summed E-state index contributed by atoms with van der Waals surface area (Å²) < 4.78 is 15.3. The van der Waals surface area contributed by atoms with Crippen LogP contribution in [0.25, 0.3) is 0 Å². The molecule has 0 fully saturated rings. The number of fused-ring (bicyclic) bond motifs is 1. The first kappa shape index (κ1) is 15.6. The summed E-state index contributed by atoms with van der Waals surface area (Å²) in [6.07, 6.45) is 0. The number of carbonyl (C=O) groups excluding carboxylic acids is 1. The van der Waals surface area contributed by atoms with Gasteiger partial charge in [-0.05, 0) is 42.0 Å². The van der Waals surface area contributed by atoms with Crippen LogP contribution in [0.4, 0.5) is 14.9 Å². The molecule has 0 saturated carbocycles. The van der Waals surface area contributed by atoms with E-state index in [0.717, 1.165) is 10.1 Å². The first-order chi connectivity index (χ1) is 12.0. The maximum Gasteiger partial charge on any atom is 0.354 e. The van der Waals surface area contributed by atoms with E-state index < -0.39 is 17.5 Å². The summed E-state index contributed by atoms with van der Waals surface area (Å²) in [5.74, 6) is -0.0432. The van der Waals surface area contributed by atoms with Gasteiger partial charge in [-0.15, -0.1) is 0 Å². The van der Waals surface area contributed by atoms with Gasteiger partial charge in [0, 0.05) is 10.7 Å². The molecule has 4 rings (SSSR count). The lowest BCUT2D eigenvalue weighted by atomic mass is 10.2. The highest BCUT2D eigenvalue weighted by Gasteiger charge is 2.33. The number of benzene rings is 2. The lowest BCUT2D eigenvalue weighted by Gasteiger charge is -2.14. The lowest BCUT2D eigenvalue weighted by Crippen LogP contribution is -2.35. The van der Waals surface area contributed by atoms with Crippen LogP contribution in [0, 0.1) is 5.82 Å². The molecule has 0 aliphatic carbocycles. The highest BCUT2D eigenvalue weighted by molar-refractivity contribution is 6.30. The van der Waals surface area contributed by atoms with E-state index in [0.29, 0.717) is 16.5 Å². The van der Waals surface area contributed by atoms with Crippen molar-refractivity contribution >= 4 is 23.3 Å². The minimum atomic E-state index is -0.510. The van der Waals surface area contributed by atoms with Crippen molar-refractivity contribution in [2.24, 2.45) is 0 Å². The smallest absolute Gasteiger partial charge is 0.286 e. The van der Waals surface area contributed by atoms with Gasteiger partial charge in [0.15, 0.2) is 5.82 Å². The van der Waals surface area contributed by atoms with E-state index in [1.807, 2.05) is 6.07 Å². The molecular formula is C17H12ClFN4O2. The van der Waals surface area contributed by atoms with E-state index in [4.69, 9.17) is 11.6 Å². The van der Waals surface area contributed by atoms with E-state index in [-0.39, 0.29) is 13.1 Å². The standard InChI is InChI=1S/C17H12ClFN4O2/c18-12-3-1-2-11(8-12)9-22-17(25)23-15(20-22)10-21(16(23)24)14-6-4-13(19)5-7-14/h1-8H,9-10H2. The van der Waals surface area contributed by atoms with Crippen LogP contribution in [0.1, 0.15) is 11.4 Å². The predicted octanol–water partition coefficient (Wildman–Crippen LogP) is 2.87. The quantitative estimate of drug-likeness (QED) is 0.723. The van der Waals surface area contributed by atoms with Gasteiger partial charge >= 0.3 is 11.7 Å². The topological polar surface area (TPSA) is 60.1 Å². The minimum absolute atomic E-state index is 0.155. The van der Waals surface area contributed by atoms with Crippen molar-refractivity contribution < 1.29 is 9.18 Å². The molecule has 25 heavy (non-hydrogen) atoms. The molecule has 0 atom stereocenters. The van der Waals surface area contributed by atoms with Crippen LogP contribution in [0.3, 0.4) is 0 Å². The largest absolute Gasteiger partial charge is 0.354 e. The molecule has 3 aromatic rings. The van der Waals surface area contributed by atoms with Crippen molar-refractivity contribution in [1.82, 2.24) is 14.3 Å². The van der Waals surface area contributed by atoms with Crippen molar-refractivity contribution in [2.45, 2.75) is 13.1 Å². The third kappa shape index (κ3) is 2.72. The maximum atomic E-state index is 13.0. The van der Waals surface area contributed by atoms with Crippen LogP contribution in [-0.2, 0) is 13.1 Å². The Bertz CT molecular complexity index is 1030. The van der Waals surface area contributed by atoms with Gasteiger partial charge in [0.05, 0.1) is 13.1 Å². The number of hydrogen-bond acceptors (Lipinski definition) is 3. The Morgan fingerprint density at radius 1 is 1.12 bits per heavy atom. The fourth-order valence-electron chi connectivity index (χ4n) is 2.81. The number of anilines is 1. The Kier molecular flexibility index (Phi) is 3.65. The summed E-state index contributed by atoms with van der Waals surface area (Å²) in [6, 6.07) is 12.1. The summed E-state index contributed by atoms with van der Waals surface area (Å²) in [4.78, 5) is 26.4. The molecule has 1 amide bonds. The maximum absolute atomic E-state index is 13.0. The van der Waals surface area contributed by atoms with E-state index in [9.17, 15) is 14.0 Å². The summed E-state index contributed by atoms with van der Waals surface area (Å²) in [7, 11) is 0. The Hall–Kier alpha value is -2.93. The third-order valence-corrected chi connectivity index (χ3v) is 4.22. The molecule has 1 aliphatic rings. The predicted molar refractivity (Wildman–Crippen MR) is 90.4 cm³/mol. The number of rotatable bonds is 3. The molecule has 1 aromatic heterocycles. The SMILES string of the molecule is O=C1N(c2ccc(F)cc2)Cc2nn(Cc3cccc(Cl)c3)c(=O)n21. The number of carbonyl (C=O) groups is 1. The Morgan fingerprint density at radius 2 is 1.88 bits per heavy atom. The van der Waals surface area contributed by atoms with Crippen LogP contribution in [0.5, 0.6) is 0 Å². The summed E-state index contributed by atoms with van der Waals surface area (Å²) >= 11 is 5.95. The highest BCUT2D eigenvalue weighted by Crippen LogP contribution is 2.22. The van der Waals surface area contributed by atoms with Gasteiger partial charge in [-0.25, -0.2) is 18.7 Å². The average Bonchev–Trinajstić information content (AvgIpc) is 3.06. The van der Waals surface area contributed by atoms with E-state index in [2.05, 4.69) is 5.10 Å². The van der Waals surface area contributed by atoms with Crippen molar-refractivity contribution in [3.8, 4) is 0 Å². The minimum Gasteiger partial charge on any atom is -0.286 e. The summed E-state index contributed by atoms with van der Waals surface area (Å²) in [6.45, 7) is 0.380. The van der Waals surface area contributed by atoms with E-state index >= 15 is 0 Å². The summed E-state index contributed by atoms with van der Waals surface area (Å²) in [5.41, 5.74) is 0.816.